The normalized spacial score (nSPS) is 11.0. The molecule has 0 bridgehead atoms. The van der Waals surface area contributed by atoms with Crippen molar-refractivity contribution in [1.82, 2.24) is 24.3 Å². The molecule has 0 aliphatic heterocycles. The summed E-state index contributed by atoms with van der Waals surface area (Å²) in [5.41, 5.74) is 5.31. The summed E-state index contributed by atoms with van der Waals surface area (Å²) in [6.45, 7) is 2.24. The maximum atomic E-state index is 14.7. The Bertz CT molecular complexity index is 1360. The minimum absolute atomic E-state index is 0.315. The van der Waals surface area contributed by atoms with Gasteiger partial charge in [0, 0.05) is 48.2 Å². The van der Waals surface area contributed by atoms with E-state index in [-0.39, 0.29) is 5.82 Å². The Balaban J connectivity index is 1.39. The van der Waals surface area contributed by atoms with Gasteiger partial charge in [0.2, 0.25) is 0 Å². The third-order valence-electron chi connectivity index (χ3n) is 5.03. The van der Waals surface area contributed by atoms with Crippen LogP contribution in [0.4, 0.5) is 10.2 Å². The molecular weight excluding hydrogens is 391 g/mol. The molecule has 0 spiro atoms. The second-order valence-electron chi connectivity index (χ2n) is 7.19. The maximum Gasteiger partial charge on any atom is 0.180 e. The molecule has 5 rings (SSSR count). The van der Waals surface area contributed by atoms with Crippen molar-refractivity contribution in [3.05, 3.63) is 96.6 Å². The number of halogens is 1. The van der Waals surface area contributed by atoms with Gasteiger partial charge < -0.3 is 5.32 Å². The fourth-order valence-corrected chi connectivity index (χ4v) is 3.53. The van der Waals surface area contributed by atoms with E-state index >= 15 is 0 Å². The van der Waals surface area contributed by atoms with Crippen LogP contribution in [0.1, 0.15) is 11.3 Å². The van der Waals surface area contributed by atoms with E-state index in [0.717, 1.165) is 17.0 Å². The Morgan fingerprint density at radius 1 is 0.903 bits per heavy atom. The Hall–Kier alpha value is -4.13. The highest BCUT2D eigenvalue weighted by Gasteiger charge is 2.12. The van der Waals surface area contributed by atoms with Crippen LogP contribution in [0.15, 0.2) is 79.5 Å². The molecular formula is C24H19FN6. The van der Waals surface area contributed by atoms with E-state index in [0.29, 0.717) is 34.8 Å². The number of nitrogens with zero attached hydrogens (tertiary/aromatic N) is 5. The van der Waals surface area contributed by atoms with Gasteiger partial charge in [-0.2, -0.15) is 0 Å². The van der Waals surface area contributed by atoms with Crippen LogP contribution >= 0.6 is 0 Å². The molecule has 7 heteroatoms. The number of benzene rings is 1. The van der Waals surface area contributed by atoms with Gasteiger partial charge in [0.1, 0.15) is 11.5 Å². The largest absolute Gasteiger partial charge is 0.363 e. The van der Waals surface area contributed by atoms with Crippen molar-refractivity contribution in [2.24, 2.45) is 0 Å². The molecule has 5 aromatic rings. The van der Waals surface area contributed by atoms with Gasteiger partial charge in [0.15, 0.2) is 11.5 Å². The highest BCUT2D eigenvalue weighted by molar-refractivity contribution is 5.70. The summed E-state index contributed by atoms with van der Waals surface area (Å²) in [6, 6.07) is 15.1. The summed E-state index contributed by atoms with van der Waals surface area (Å²) in [6.07, 6.45) is 8.74. The van der Waals surface area contributed by atoms with Crippen LogP contribution in [-0.4, -0.2) is 24.3 Å². The van der Waals surface area contributed by atoms with E-state index < -0.39 is 0 Å². The average molecular weight is 410 g/mol. The number of hydrogen-bond donors (Lipinski definition) is 1. The van der Waals surface area contributed by atoms with Gasteiger partial charge in [-0.15, -0.1) is 0 Å². The van der Waals surface area contributed by atoms with Crippen molar-refractivity contribution in [3.63, 3.8) is 0 Å². The number of aromatic nitrogens is 5. The number of hydrogen-bond acceptors (Lipinski definition) is 5. The molecule has 0 aliphatic rings. The van der Waals surface area contributed by atoms with E-state index in [9.17, 15) is 4.39 Å². The highest BCUT2D eigenvalue weighted by Crippen LogP contribution is 2.24. The van der Waals surface area contributed by atoms with Gasteiger partial charge in [-0.25, -0.2) is 14.4 Å². The molecule has 0 saturated carbocycles. The Kier molecular flexibility index (Phi) is 4.84. The molecule has 0 aliphatic carbocycles. The van der Waals surface area contributed by atoms with Gasteiger partial charge in [-0.05, 0) is 30.7 Å². The van der Waals surface area contributed by atoms with Crippen LogP contribution in [0.5, 0.6) is 0 Å². The fourth-order valence-electron chi connectivity index (χ4n) is 3.53. The van der Waals surface area contributed by atoms with Crippen molar-refractivity contribution in [3.8, 4) is 22.5 Å². The summed E-state index contributed by atoms with van der Waals surface area (Å²) < 4.78 is 16.7. The van der Waals surface area contributed by atoms with Gasteiger partial charge in [0.05, 0.1) is 11.9 Å². The Morgan fingerprint density at radius 2 is 1.77 bits per heavy atom. The van der Waals surface area contributed by atoms with Crippen molar-refractivity contribution < 1.29 is 4.39 Å². The van der Waals surface area contributed by atoms with Crippen LogP contribution in [0.25, 0.3) is 28.2 Å². The predicted octanol–water partition coefficient (Wildman–Crippen LogP) is 4.91. The number of rotatable bonds is 5. The maximum absolute atomic E-state index is 14.7. The standard InChI is InChI=1S/C24H19FN6/c1-16-11-19(7-8-26-16)22-20(25)12-17(13-28-22)14-29-23-24-30-15-21(31(24)10-9-27-23)18-5-3-2-4-6-18/h2-13,15H,14H2,1H3,(H,27,29). The van der Waals surface area contributed by atoms with Gasteiger partial charge >= 0.3 is 0 Å². The molecule has 31 heavy (non-hydrogen) atoms. The average Bonchev–Trinajstić information content (AvgIpc) is 3.23. The zero-order valence-electron chi connectivity index (χ0n) is 16.8. The van der Waals surface area contributed by atoms with Crippen LogP contribution in [0, 0.1) is 12.7 Å². The van der Waals surface area contributed by atoms with Gasteiger partial charge in [-0.3, -0.25) is 14.4 Å². The Morgan fingerprint density at radius 3 is 2.58 bits per heavy atom. The molecule has 1 N–H and O–H groups in total. The van der Waals surface area contributed by atoms with Gasteiger partial charge in [0.25, 0.3) is 0 Å². The first-order chi connectivity index (χ1) is 15.2. The van der Waals surface area contributed by atoms with Crippen molar-refractivity contribution in [1.29, 1.82) is 0 Å². The molecule has 0 fully saturated rings. The van der Waals surface area contributed by atoms with Crippen LogP contribution in [0.2, 0.25) is 0 Å². The van der Waals surface area contributed by atoms with Crippen molar-refractivity contribution >= 4 is 11.5 Å². The highest BCUT2D eigenvalue weighted by atomic mass is 19.1. The monoisotopic (exact) mass is 410 g/mol. The molecule has 0 unspecified atom stereocenters. The molecule has 1 aromatic carbocycles. The number of pyridine rings is 2. The minimum Gasteiger partial charge on any atom is -0.363 e. The van der Waals surface area contributed by atoms with E-state index in [1.54, 1.807) is 24.7 Å². The predicted molar refractivity (Wildman–Crippen MR) is 118 cm³/mol. The SMILES string of the molecule is Cc1cc(-c2ncc(CNc3nccn4c(-c5ccccc5)cnc34)cc2F)ccn1. The smallest absolute Gasteiger partial charge is 0.180 e. The van der Waals surface area contributed by atoms with E-state index in [1.807, 2.05) is 60.1 Å². The lowest BCUT2D eigenvalue weighted by Gasteiger charge is -2.09. The lowest BCUT2D eigenvalue weighted by molar-refractivity contribution is 0.623. The molecule has 6 nitrogen and oxygen atoms in total. The number of anilines is 1. The summed E-state index contributed by atoms with van der Waals surface area (Å²) in [5, 5.41) is 3.25. The third kappa shape index (κ3) is 3.73. The van der Waals surface area contributed by atoms with Crippen molar-refractivity contribution in [2.75, 3.05) is 5.32 Å². The van der Waals surface area contributed by atoms with Crippen LogP contribution in [0.3, 0.4) is 0 Å². The second kappa shape index (κ2) is 7.95. The fraction of sp³-hybridized carbons (Fsp3) is 0.0833. The second-order valence-corrected chi connectivity index (χ2v) is 7.19. The van der Waals surface area contributed by atoms with Crippen LogP contribution in [-0.2, 0) is 6.54 Å². The lowest BCUT2D eigenvalue weighted by atomic mass is 10.1. The first-order valence-electron chi connectivity index (χ1n) is 9.88. The molecule has 0 atom stereocenters. The number of fused-ring (bicyclic) bond motifs is 1. The van der Waals surface area contributed by atoms with E-state index in [1.165, 1.54) is 6.07 Å². The number of aryl methyl sites for hydroxylation is 1. The van der Waals surface area contributed by atoms with E-state index in [4.69, 9.17) is 0 Å². The summed E-state index contributed by atoms with van der Waals surface area (Å²) >= 11 is 0. The molecule has 4 heterocycles. The molecule has 4 aromatic heterocycles. The van der Waals surface area contributed by atoms with Crippen LogP contribution < -0.4 is 5.32 Å². The lowest BCUT2D eigenvalue weighted by Crippen LogP contribution is -2.05. The molecule has 152 valence electrons. The van der Waals surface area contributed by atoms with Crippen molar-refractivity contribution in [2.45, 2.75) is 13.5 Å². The number of nitrogens with one attached hydrogen (secondary N) is 1. The first kappa shape index (κ1) is 18.9. The quantitative estimate of drug-likeness (QED) is 0.446. The molecule has 0 amide bonds. The van der Waals surface area contributed by atoms with Gasteiger partial charge in [-0.1, -0.05) is 30.3 Å². The van der Waals surface area contributed by atoms with E-state index in [2.05, 4.69) is 25.3 Å². The Labute approximate surface area is 178 Å². The third-order valence-corrected chi connectivity index (χ3v) is 5.03. The minimum atomic E-state index is -0.372. The summed E-state index contributed by atoms with van der Waals surface area (Å²) in [5.74, 6) is 0.252. The zero-order valence-corrected chi connectivity index (χ0v) is 16.8. The molecule has 0 saturated heterocycles. The zero-order chi connectivity index (χ0) is 21.2. The number of imidazole rings is 1. The topological polar surface area (TPSA) is 68.0 Å². The summed E-state index contributed by atoms with van der Waals surface area (Å²) in [4.78, 5) is 17.4. The molecule has 0 radical (unpaired) electrons. The summed E-state index contributed by atoms with van der Waals surface area (Å²) in [7, 11) is 0. The first-order valence-corrected chi connectivity index (χ1v) is 9.88.